The van der Waals surface area contributed by atoms with E-state index in [1.165, 1.54) is 6.92 Å². The average molecular weight is 330 g/mol. The van der Waals surface area contributed by atoms with E-state index in [9.17, 15) is 4.79 Å². The molecule has 5 heteroatoms. The summed E-state index contributed by atoms with van der Waals surface area (Å²) in [5.74, 6) is 0.341. The summed E-state index contributed by atoms with van der Waals surface area (Å²) in [5, 5.41) is 0. The SMILES string of the molecule is CC(=O)c1cc(Br)cc(N)c1OCCOC(C)(C)C. The highest BCUT2D eigenvalue weighted by Crippen LogP contribution is 2.31. The minimum Gasteiger partial charge on any atom is -0.488 e. The van der Waals surface area contributed by atoms with Gasteiger partial charge in [-0.25, -0.2) is 0 Å². The fourth-order valence-electron chi connectivity index (χ4n) is 1.53. The third-order valence-corrected chi connectivity index (χ3v) is 2.78. The number of nitrogen functional groups attached to an aromatic ring is 1. The first-order valence-corrected chi connectivity index (χ1v) is 6.87. The number of hydrogen-bond donors (Lipinski definition) is 1. The molecule has 1 aromatic carbocycles. The van der Waals surface area contributed by atoms with Gasteiger partial charge in [-0.1, -0.05) is 15.9 Å². The number of Topliss-reactive ketones (excluding diaryl/α,β-unsaturated/α-hetero) is 1. The lowest BCUT2D eigenvalue weighted by Gasteiger charge is -2.20. The molecule has 0 saturated carbocycles. The van der Waals surface area contributed by atoms with Crippen molar-refractivity contribution in [3.63, 3.8) is 0 Å². The zero-order valence-corrected chi connectivity index (χ0v) is 13.3. The molecule has 0 aromatic heterocycles. The summed E-state index contributed by atoms with van der Waals surface area (Å²) in [4.78, 5) is 11.6. The highest BCUT2D eigenvalue weighted by atomic mass is 79.9. The molecule has 0 bridgehead atoms. The van der Waals surface area contributed by atoms with Crippen LogP contribution in [0.1, 0.15) is 38.1 Å². The van der Waals surface area contributed by atoms with Crippen molar-refractivity contribution in [2.75, 3.05) is 18.9 Å². The third-order valence-electron chi connectivity index (χ3n) is 2.33. The van der Waals surface area contributed by atoms with Crippen molar-refractivity contribution < 1.29 is 14.3 Å². The Kier molecular flexibility index (Phi) is 5.38. The first kappa shape index (κ1) is 16.0. The van der Waals surface area contributed by atoms with Gasteiger partial charge in [-0.2, -0.15) is 0 Å². The molecule has 0 aliphatic carbocycles. The van der Waals surface area contributed by atoms with Crippen LogP contribution in [0.5, 0.6) is 5.75 Å². The number of carbonyl (C=O) groups is 1. The summed E-state index contributed by atoms with van der Waals surface area (Å²) in [6.07, 6.45) is 0. The van der Waals surface area contributed by atoms with Crippen LogP contribution in [-0.2, 0) is 4.74 Å². The van der Waals surface area contributed by atoms with E-state index in [-0.39, 0.29) is 11.4 Å². The molecular formula is C14H20BrNO3. The van der Waals surface area contributed by atoms with E-state index in [0.717, 1.165) is 4.47 Å². The van der Waals surface area contributed by atoms with Crippen LogP contribution in [0.3, 0.4) is 0 Å². The van der Waals surface area contributed by atoms with E-state index >= 15 is 0 Å². The molecule has 0 radical (unpaired) electrons. The molecule has 0 aliphatic heterocycles. The van der Waals surface area contributed by atoms with Crippen LogP contribution in [0.4, 0.5) is 5.69 Å². The van der Waals surface area contributed by atoms with Crippen molar-refractivity contribution in [2.24, 2.45) is 0 Å². The standard InChI is InChI=1S/C14H20BrNO3/c1-9(17)11-7-10(15)8-12(16)13(11)18-5-6-19-14(2,3)4/h7-8H,5-6,16H2,1-4H3. The molecule has 1 rings (SSSR count). The zero-order valence-electron chi connectivity index (χ0n) is 11.7. The number of ether oxygens (including phenoxy) is 2. The third kappa shape index (κ3) is 5.20. The van der Waals surface area contributed by atoms with Crippen molar-refractivity contribution in [3.05, 3.63) is 22.2 Å². The molecule has 0 saturated heterocycles. The molecule has 0 amide bonds. The number of nitrogens with two attached hydrogens (primary N) is 1. The van der Waals surface area contributed by atoms with Crippen molar-refractivity contribution in [2.45, 2.75) is 33.3 Å². The van der Waals surface area contributed by atoms with Crippen LogP contribution >= 0.6 is 15.9 Å². The van der Waals surface area contributed by atoms with Crippen LogP contribution < -0.4 is 10.5 Å². The fourth-order valence-corrected chi connectivity index (χ4v) is 2.00. The maximum Gasteiger partial charge on any atom is 0.163 e. The van der Waals surface area contributed by atoms with E-state index in [1.807, 2.05) is 20.8 Å². The van der Waals surface area contributed by atoms with Gasteiger partial charge in [0.2, 0.25) is 0 Å². The molecule has 0 spiro atoms. The van der Waals surface area contributed by atoms with Gasteiger partial charge < -0.3 is 15.2 Å². The summed E-state index contributed by atoms with van der Waals surface area (Å²) in [7, 11) is 0. The Morgan fingerprint density at radius 1 is 1.32 bits per heavy atom. The molecule has 2 N–H and O–H groups in total. The van der Waals surface area contributed by atoms with Gasteiger partial charge in [0, 0.05) is 4.47 Å². The Hall–Kier alpha value is -1.07. The van der Waals surface area contributed by atoms with Gasteiger partial charge >= 0.3 is 0 Å². The maximum atomic E-state index is 11.6. The fraction of sp³-hybridized carbons (Fsp3) is 0.500. The summed E-state index contributed by atoms with van der Waals surface area (Å²) < 4.78 is 11.9. The lowest BCUT2D eigenvalue weighted by atomic mass is 10.1. The normalized spacial score (nSPS) is 11.4. The van der Waals surface area contributed by atoms with E-state index in [4.69, 9.17) is 15.2 Å². The summed E-state index contributed by atoms with van der Waals surface area (Å²) in [5.41, 5.74) is 6.58. The predicted octanol–water partition coefficient (Wildman–Crippen LogP) is 3.43. The van der Waals surface area contributed by atoms with Gasteiger partial charge in [-0.05, 0) is 39.8 Å². The van der Waals surface area contributed by atoms with Gasteiger partial charge in [0.15, 0.2) is 11.5 Å². The monoisotopic (exact) mass is 329 g/mol. The number of carbonyl (C=O) groups excluding carboxylic acids is 1. The van der Waals surface area contributed by atoms with Gasteiger partial charge in [0.05, 0.1) is 23.5 Å². The molecule has 4 nitrogen and oxygen atoms in total. The molecule has 1 aromatic rings. The topological polar surface area (TPSA) is 61.6 Å². The lowest BCUT2D eigenvalue weighted by Crippen LogP contribution is -2.22. The minimum absolute atomic E-state index is 0.0836. The van der Waals surface area contributed by atoms with Crippen LogP contribution in [0.25, 0.3) is 0 Å². The highest BCUT2D eigenvalue weighted by molar-refractivity contribution is 9.10. The summed E-state index contributed by atoms with van der Waals surface area (Å²) in [6.45, 7) is 8.20. The highest BCUT2D eigenvalue weighted by Gasteiger charge is 2.14. The molecule has 0 unspecified atom stereocenters. The lowest BCUT2D eigenvalue weighted by molar-refractivity contribution is -0.0162. The predicted molar refractivity (Wildman–Crippen MR) is 79.8 cm³/mol. The van der Waals surface area contributed by atoms with Crippen LogP contribution in [-0.4, -0.2) is 24.6 Å². The van der Waals surface area contributed by atoms with Gasteiger partial charge in [-0.15, -0.1) is 0 Å². The van der Waals surface area contributed by atoms with E-state index in [0.29, 0.717) is 30.2 Å². The van der Waals surface area contributed by atoms with Crippen molar-refractivity contribution in [1.82, 2.24) is 0 Å². The number of benzene rings is 1. The second-order valence-electron chi connectivity index (χ2n) is 5.24. The Morgan fingerprint density at radius 3 is 2.47 bits per heavy atom. The number of anilines is 1. The molecule has 0 fully saturated rings. The molecule has 0 aliphatic rings. The van der Waals surface area contributed by atoms with Crippen LogP contribution in [0.15, 0.2) is 16.6 Å². The van der Waals surface area contributed by atoms with Gasteiger partial charge in [-0.3, -0.25) is 4.79 Å². The minimum atomic E-state index is -0.210. The average Bonchev–Trinajstić information content (AvgIpc) is 2.24. The Bertz CT molecular complexity index is 466. The molecule has 0 atom stereocenters. The van der Waals surface area contributed by atoms with E-state index in [2.05, 4.69) is 15.9 Å². The number of halogens is 1. The number of rotatable bonds is 5. The van der Waals surface area contributed by atoms with Crippen molar-refractivity contribution >= 4 is 27.4 Å². The zero-order chi connectivity index (χ0) is 14.6. The number of hydrogen-bond acceptors (Lipinski definition) is 4. The smallest absolute Gasteiger partial charge is 0.163 e. The largest absolute Gasteiger partial charge is 0.488 e. The summed E-state index contributed by atoms with van der Waals surface area (Å²) >= 11 is 3.31. The second kappa shape index (κ2) is 6.39. The Balaban J connectivity index is 2.75. The number of ketones is 1. The first-order valence-electron chi connectivity index (χ1n) is 6.07. The molecule has 19 heavy (non-hydrogen) atoms. The second-order valence-corrected chi connectivity index (χ2v) is 6.15. The van der Waals surface area contributed by atoms with Crippen molar-refractivity contribution in [1.29, 1.82) is 0 Å². The van der Waals surface area contributed by atoms with E-state index < -0.39 is 0 Å². The van der Waals surface area contributed by atoms with Gasteiger partial charge in [0.1, 0.15) is 6.61 Å². The summed E-state index contributed by atoms with van der Waals surface area (Å²) in [6, 6.07) is 3.42. The quantitative estimate of drug-likeness (QED) is 0.510. The Labute approximate surface area is 122 Å². The van der Waals surface area contributed by atoms with Crippen molar-refractivity contribution in [3.8, 4) is 5.75 Å². The Morgan fingerprint density at radius 2 is 1.95 bits per heavy atom. The van der Waals surface area contributed by atoms with Crippen LogP contribution in [0, 0.1) is 0 Å². The molecular weight excluding hydrogens is 310 g/mol. The molecule has 106 valence electrons. The maximum absolute atomic E-state index is 11.6. The van der Waals surface area contributed by atoms with E-state index in [1.54, 1.807) is 12.1 Å². The van der Waals surface area contributed by atoms with Gasteiger partial charge in [0.25, 0.3) is 0 Å². The molecule has 0 heterocycles. The first-order chi connectivity index (χ1) is 8.70. The van der Waals surface area contributed by atoms with Crippen LogP contribution in [0.2, 0.25) is 0 Å².